The minimum absolute atomic E-state index is 0.0327. The van der Waals surface area contributed by atoms with E-state index in [4.69, 9.17) is 9.72 Å². The Hall–Kier alpha value is -9.35. The molecule has 0 N–H and O–H groups in total. The van der Waals surface area contributed by atoms with Gasteiger partial charge in [0.1, 0.15) is 0 Å². The van der Waals surface area contributed by atoms with Crippen LogP contribution in [0.25, 0.3) is 121 Å². The second kappa shape index (κ2) is 18.4. The molecular formula is C72H51N5OPt. The number of nitrogens with zero attached hydrogens (tertiary/aromatic N) is 5. The van der Waals surface area contributed by atoms with Gasteiger partial charge in [-0.2, -0.15) is 0 Å². The number of hydrogen-bond donors (Lipinski definition) is 0. The molecule has 0 radical (unpaired) electrons. The first kappa shape index (κ1) is 46.9. The van der Waals surface area contributed by atoms with Gasteiger partial charge in [0.25, 0.3) is 0 Å². The standard InChI is InChI=1S/C72H51N5O.Pt/c1-72(2,3)49-39-40-73-70(41-49)77-66-34-13-10-29-60(66)61-38-37-53(45-69(61)77)78-52-24-18-23-50(42-52)74-46-75(68-36-15-14-35-67(68)74)71-62(56-30-16-21-47-19-4-6-25-54(47)56)43-51(44-63(71)57-31-17-22-48-20-5-7-26-55(48)57)76-64-32-11-8-27-58(64)59-28-9-12-33-65(59)76;/h4-45H,1-3H3;. The molecule has 4 aromatic heterocycles. The average molecular weight is 1200 g/mol. The minimum atomic E-state index is -0.0327. The van der Waals surface area contributed by atoms with Gasteiger partial charge in [-0.25, -0.2) is 0 Å². The van der Waals surface area contributed by atoms with E-state index in [1.54, 1.807) is 0 Å². The Morgan fingerprint density at radius 1 is 0.354 bits per heavy atom. The number of fused-ring (bicyclic) bond motifs is 9. The Bertz CT molecular complexity index is 4860. The molecule has 0 atom stereocenters. The van der Waals surface area contributed by atoms with Gasteiger partial charge in [0.15, 0.2) is 0 Å². The second-order valence-electron chi connectivity index (χ2n) is 21.5. The van der Waals surface area contributed by atoms with Crippen molar-refractivity contribution < 1.29 is 24.1 Å². The maximum absolute atomic E-state index is 6.94. The van der Waals surface area contributed by atoms with E-state index >= 15 is 0 Å². The van der Waals surface area contributed by atoms with E-state index in [-0.39, 0.29) is 5.41 Å². The molecule has 7 heteroatoms. The maximum atomic E-state index is 6.94. The summed E-state index contributed by atoms with van der Waals surface area (Å²) in [6.07, 6.45) is 1.93. The summed E-state index contributed by atoms with van der Waals surface area (Å²) < 4.78 is 17.6. The summed E-state index contributed by atoms with van der Waals surface area (Å²) in [6, 6.07) is 90.1. The van der Waals surface area contributed by atoms with E-state index in [0.29, 0.717) is 0 Å². The van der Waals surface area contributed by atoms with E-state index in [1.807, 2.05) is 6.20 Å². The van der Waals surface area contributed by atoms with E-state index in [2.05, 4.69) is 307 Å². The van der Waals surface area contributed by atoms with Crippen molar-refractivity contribution in [1.29, 1.82) is 0 Å². The fourth-order valence-corrected chi connectivity index (χ4v) is 13.3. The Morgan fingerprint density at radius 2 is 0.835 bits per heavy atom. The monoisotopic (exact) mass is 1200 g/mol. The summed E-state index contributed by atoms with van der Waals surface area (Å²) >= 11 is 2.57. The summed E-state index contributed by atoms with van der Waals surface area (Å²) in [4.78, 5) is 4.94. The number of benzene rings is 11. The van der Waals surface area contributed by atoms with Crippen LogP contribution in [0.4, 0.5) is 0 Å². The van der Waals surface area contributed by atoms with Crippen LogP contribution in [0.3, 0.4) is 0 Å². The fourth-order valence-electron chi connectivity index (χ4n) is 12.2. The molecule has 15 aromatic rings. The van der Waals surface area contributed by atoms with Crippen molar-refractivity contribution in [2.45, 2.75) is 26.2 Å². The first-order valence-electron chi connectivity index (χ1n) is 26.8. The number of rotatable bonds is 8. The molecule has 0 amide bonds. The van der Waals surface area contributed by atoms with E-state index < -0.39 is 0 Å². The second-order valence-corrected chi connectivity index (χ2v) is 22.5. The van der Waals surface area contributed by atoms with Crippen LogP contribution in [0.1, 0.15) is 26.3 Å². The van der Waals surface area contributed by atoms with Crippen LogP contribution in [0, 0.1) is 3.80 Å². The Labute approximate surface area is 467 Å². The molecule has 4 heterocycles. The van der Waals surface area contributed by atoms with Crippen molar-refractivity contribution in [1.82, 2.24) is 23.3 Å². The van der Waals surface area contributed by atoms with Gasteiger partial charge in [-0.1, -0.05) is 32.9 Å². The molecule has 0 unspecified atom stereocenters. The molecule has 11 aromatic carbocycles. The first-order chi connectivity index (χ1) is 38.7. The Kier molecular flexibility index (Phi) is 10.9. The van der Waals surface area contributed by atoms with Crippen molar-refractivity contribution in [2.75, 3.05) is 0 Å². The van der Waals surface area contributed by atoms with Crippen LogP contribution in [-0.2, 0) is 24.8 Å². The zero-order valence-corrected chi connectivity index (χ0v) is 46.0. The number of imidazole rings is 1. The van der Waals surface area contributed by atoms with Crippen LogP contribution in [0.5, 0.6) is 11.5 Å². The van der Waals surface area contributed by atoms with E-state index in [1.165, 1.54) is 43.3 Å². The van der Waals surface area contributed by atoms with Gasteiger partial charge in [0.05, 0.1) is 0 Å². The van der Waals surface area contributed by atoms with Crippen molar-refractivity contribution >= 4 is 76.2 Å². The summed E-state index contributed by atoms with van der Waals surface area (Å²) in [6.45, 7) is 6.73. The van der Waals surface area contributed by atoms with Crippen LogP contribution >= 0.6 is 0 Å². The summed E-state index contributed by atoms with van der Waals surface area (Å²) in [7, 11) is 0. The normalized spacial score (nSPS) is 12.1. The molecule has 6 nitrogen and oxygen atoms in total. The molecule has 0 saturated heterocycles. The van der Waals surface area contributed by atoms with Crippen LogP contribution < -0.4 is 4.74 Å². The van der Waals surface area contributed by atoms with Crippen molar-refractivity contribution in [2.24, 2.45) is 0 Å². The third-order valence-corrected chi connectivity index (χ3v) is 16.8. The number of ether oxygens (including phenoxy) is 1. The molecule has 0 bridgehead atoms. The van der Waals surface area contributed by atoms with Crippen LogP contribution in [0.2, 0.25) is 0 Å². The van der Waals surface area contributed by atoms with E-state index in [0.717, 1.165) is 98.9 Å². The summed E-state index contributed by atoms with van der Waals surface area (Å²) in [5, 5.41) is 9.51. The van der Waals surface area contributed by atoms with Crippen LogP contribution in [-0.4, -0.2) is 23.3 Å². The van der Waals surface area contributed by atoms with Gasteiger partial charge in [0, 0.05) is 6.20 Å². The van der Waals surface area contributed by atoms with Gasteiger partial charge in [-0.15, -0.1) is 0 Å². The molecule has 0 spiro atoms. The van der Waals surface area contributed by atoms with Gasteiger partial charge in [0.2, 0.25) is 0 Å². The molecule has 0 saturated carbocycles. The zero-order chi connectivity index (χ0) is 52.9. The van der Waals surface area contributed by atoms with Crippen molar-refractivity contribution in [3.63, 3.8) is 0 Å². The Morgan fingerprint density at radius 3 is 1.43 bits per heavy atom. The molecule has 0 aliphatic heterocycles. The fraction of sp³-hybridized carbons (Fsp3) is 0.0556. The summed E-state index contributed by atoms with van der Waals surface area (Å²) in [5.74, 6) is 2.36. The number of hydrogen-bond acceptors (Lipinski definition) is 2. The zero-order valence-electron chi connectivity index (χ0n) is 43.7. The molecule has 0 aliphatic carbocycles. The average Bonchev–Trinajstić information content (AvgIpc) is 4.22. The van der Waals surface area contributed by atoms with Crippen molar-refractivity contribution in [3.05, 3.63) is 264 Å². The molecule has 15 rings (SSSR count). The first-order valence-corrected chi connectivity index (χ1v) is 28.0. The van der Waals surface area contributed by atoms with Gasteiger partial charge in [-0.05, 0) is 17.0 Å². The molecular weight excluding hydrogens is 1150 g/mol. The predicted molar refractivity (Wildman–Crippen MR) is 323 cm³/mol. The molecule has 0 aliphatic rings. The van der Waals surface area contributed by atoms with Crippen molar-refractivity contribution in [3.8, 4) is 56.6 Å². The third kappa shape index (κ3) is 7.65. The van der Waals surface area contributed by atoms with Crippen LogP contribution in [0.15, 0.2) is 255 Å². The third-order valence-electron chi connectivity index (χ3n) is 15.8. The predicted octanol–water partition coefficient (Wildman–Crippen LogP) is 18.8. The number of pyridine rings is 1. The SMILES string of the molecule is CC(C)(C)c1ccnc(-n2c3ccccc3c3ccc(Oc4cccc(-n5[c](=[Pt])n(-c6c(-c7cccc8ccccc78)cc(-n7c8ccccc8c8ccccc87)cc6-c6cccc7ccccc67)c6ccccc65)c4)cc32)c1. The Balaban J connectivity index is 0.959. The number of aromatic nitrogens is 5. The summed E-state index contributed by atoms with van der Waals surface area (Å²) in [5.41, 5.74) is 15.5. The molecule has 380 valence electrons. The molecule has 79 heavy (non-hydrogen) atoms. The van der Waals surface area contributed by atoms with Gasteiger partial charge >= 0.3 is 414 Å². The van der Waals surface area contributed by atoms with Gasteiger partial charge in [-0.3, -0.25) is 0 Å². The van der Waals surface area contributed by atoms with E-state index in [9.17, 15) is 0 Å². The molecule has 0 fully saturated rings. The topological polar surface area (TPSA) is 41.8 Å². The quantitative estimate of drug-likeness (QED) is 0.152. The van der Waals surface area contributed by atoms with Gasteiger partial charge < -0.3 is 0 Å². The number of para-hydroxylation sites is 5.